The number of benzene rings is 1. The smallest absolute Gasteiger partial charge is 0.246 e. The number of amides is 2. The molecule has 4 nitrogen and oxygen atoms in total. The van der Waals surface area contributed by atoms with Gasteiger partial charge in [0.25, 0.3) is 0 Å². The number of hydrogen-bond donors (Lipinski definition) is 1. The summed E-state index contributed by atoms with van der Waals surface area (Å²) in [5.74, 6) is -1.97. The molecule has 21 heavy (non-hydrogen) atoms. The predicted molar refractivity (Wildman–Crippen MR) is 73.1 cm³/mol. The lowest BCUT2D eigenvalue weighted by Crippen LogP contribution is -2.63. The third-order valence-electron chi connectivity index (χ3n) is 3.72. The van der Waals surface area contributed by atoms with E-state index in [1.54, 1.807) is 6.92 Å². The van der Waals surface area contributed by atoms with Gasteiger partial charge in [0.2, 0.25) is 11.8 Å². The topological polar surface area (TPSA) is 49.4 Å². The fourth-order valence-electron chi connectivity index (χ4n) is 2.35. The first-order valence-corrected chi connectivity index (χ1v) is 6.86. The van der Waals surface area contributed by atoms with Crippen molar-refractivity contribution in [2.24, 2.45) is 5.92 Å². The normalized spacial score (nSPS) is 22.7. The van der Waals surface area contributed by atoms with Gasteiger partial charge in [-0.3, -0.25) is 9.59 Å². The molecule has 0 aliphatic carbocycles. The number of rotatable bonds is 3. The Balaban J connectivity index is 2.27. The summed E-state index contributed by atoms with van der Waals surface area (Å²) in [6, 6.07) is 1.90. The molecule has 1 aromatic carbocycles. The highest BCUT2D eigenvalue weighted by atomic mass is 19.1. The Hall–Kier alpha value is -1.98. The molecule has 2 unspecified atom stereocenters. The SMILES string of the molecule is CC(C)C1NC(=O)C(C)N(Cc2ccc(F)cc2F)C1=O. The van der Waals surface area contributed by atoms with Crippen LogP contribution in [0.5, 0.6) is 0 Å². The zero-order chi connectivity index (χ0) is 15.7. The first-order valence-electron chi connectivity index (χ1n) is 6.86. The fourth-order valence-corrected chi connectivity index (χ4v) is 2.35. The van der Waals surface area contributed by atoms with E-state index in [0.717, 1.165) is 12.1 Å². The van der Waals surface area contributed by atoms with Crippen LogP contribution in [0.4, 0.5) is 8.78 Å². The van der Waals surface area contributed by atoms with Crippen molar-refractivity contribution in [3.63, 3.8) is 0 Å². The van der Waals surface area contributed by atoms with E-state index < -0.39 is 23.7 Å². The van der Waals surface area contributed by atoms with Gasteiger partial charge in [-0.05, 0) is 18.9 Å². The lowest BCUT2D eigenvalue weighted by atomic mass is 9.98. The van der Waals surface area contributed by atoms with Crippen LogP contribution in [0.1, 0.15) is 26.3 Å². The third kappa shape index (κ3) is 3.04. The average Bonchev–Trinajstić information content (AvgIpc) is 2.40. The number of nitrogens with one attached hydrogen (secondary N) is 1. The lowest BCUT2D eigenvalue weighted by Gasteiger charge is -2.38. The summed E-state index contributed by atoms with van der Waals surface area (Å²) < 4.78 is 26.7. The van der Waals surface area contributed by atoms with Crippen molar-refractivity contribution in [1.82, 2.24) is 10.2 Å². The number of nitrogens with zero attached hydrogens (tertiary/aromatic N) is 1. The molecule has 1 aliphatic rings. The molecule has 2 amide bonds. The van der Waals surface area contributed by atoms with Gasteiger partial charge in [0.05, 0.1) is 0 Å². The van der Waals surface area contributed by atoms with Gasteiger partial charge >= 0.3 is 0 Å². The van der Waals surface area contributed by atoms with E-state index in [9.17, 15) is 18.4 Å². The van der Waals surface area contributed by atoms with E-state index in [-0.39, 0.29) is 29.8 Å². The first kappa shape index (κ1) is 15.4. The zero-order valence-corrected chi connectivity index (χ0v) is 12.2. The summed E-state index contributed by atoms with van der Waals surface area (Å²) in [7, 11) is 0. The molecule has 0 aromatic heterocycles. The molecule has 0 bridgehead atoms. The molecular formula is C15H18F2N2O2. The molecule has 2 rings (SSSR count). The second-order valence-corrected chi connectivity index (χ2v) is 5.61. The Morgan fingerprint density at radius 2 is 1.95 bits per heavy atom. The van der Waals surface area contributed by atoms with E-state index >= 15 is 0 Å². The number of carbonyl (C=O) groups excluding carboxylic acids is 2. The second-order valence-electron chi connectivity index (χ2n) is 5.61. The molecule has 1 fully saturated rings. The number of piperazine rings is 1. The number of halogens is 2. The van der Waals surface area contributed by atoms with Crippen molar-refractivity contribution in [1.29, 1.82) is 0 Å². The van der Waals surface area contributed by atoms with Gasteiger partial charge in [0.1, 0.15) is 23.7 Å². The minimum atomic E-state index is -0.720. The quantitative estimate of drug-likeness (QED) is 0.925. The first-order chi connectivity index (χ1) is 9.81. The summed E-state index contributed by atoms with van der Waals surface area (Å²) in [5.41, 5.74) is 0.189. The van der Waals surface area contributed by atoms with Crippen LogP contribution in [0.3, 0.4) is 0 Å². The van der Waals surface area contributed by atoms with Crippen LogP contribution in [0.15, 0.2) is 18.2 Å². The summed E-state index contributed by atoms with van der Waals surface area (Å²) in [4.78, 5) is 25.7. The Morgan fingerprint density at radius 3 is 2.52 bits per heavy atom. The molecule has 1 N–H and O–H groups in total. The van der Waals surface area contributed by atoms with Crippen molar-refractivity contribution >= 4 is 11.8 Å². The average molecular weight is 296 g/mol. The van der Waals surface area contributed by atoms with E-state index in [1.807, 2.05) is 13.8 Å². The van der Waals surface area contributed by atoms with Gasteiger partial charge in [0.15, 0.2) is 0 Å². The third-order valence-corrected chi connectivity index (χ3v) is 3.72. The van der Waals surface area contributed by atoms with Crippen LogP contribution >= 0.6 is 0 Å². The maximum Gasteiger partial charge on any atom is 0.246 e. The summed E-state index contributed by atoms with van der Waals surface area (Å²) >= 11 is 0. The van der Waals surface area contributed by atoms with Crippen molar-refractivity contribution in [2.45, 2.75) is 39.4 Å². The van der Waals surface area contributed by atoms with Crippen LogP contribution < -0.4 is 5.32 Å². The summed E-state index contributed by atoms with van der Waals surface area (Å²) in [5, 5.41) is 2.67. The molecule has 6 heteroatoms. The molecule has 1 heterocycles. The zero-order valence-electron chi connectivity index (χ0n) is 12.2. The van der Waals surface area contributed by atoms with Crippen molar-refractivity contribution in [3.05, 3.63) is 35.4 Å². The van der Waals surface area contributed by atoms with E-state index in [4.69, 9.17) is 0 Å². The number of carbonyl (C=O) groups is 2. The molecule has 1 aliphatic heterocycles. The van der Waals surface area contributed by atoms with E-state index in [1.165, 1.54) is 11.0 Å². The molecule has 114 valence electrons. The maximum absolute atomic E-state index is 13.7. The van der Waals surface area contributed by atoms with E-state index in [0.29, 0.717) is 0 Å². The molecular weight excluding hydrogens is 278 g/mol. The lowest BCUT2D eigenvalue weighted by molar-refractivity contribution is -0.150. The van der Waals surface area contributed by atoms with Crippen LogP contribution in [-0.4, -0.2) is 28.8 Å². The minimum absolute atomic E-state index is 0.0528. The highest BCUT2D eigenvalue weighted by Crippen LogP contribution is 2.20. The van der Waals surface area contributed by atoms with Gasteiger partial charge in [-0.1, -0.05) is 19.9 Å². The van der Waals surface area contributed by atoms with Gasteiger partial charge in [-0.15, -0.1) is 0 Å². The Bertz CT molecular complexity index is 575. The van der Waals surface area contributed by atoms with Crippen LogP contribution in [0.25, 0.3) is 0 Å². The van der Waals surface area contributed by atoms with Crippen molar-refractivity contribution < 1.29 is 18.4 Å². The second kappa shape index (κ2) is 5.79. The molecule has 2 atom stereocenters. The van der Waals surface area contributed by atoms with Gasteiger partial charge in [0, 0.05) is 18.2 Å². The summed E-state index contributed by atoms with van der Waals surface area (Å²) in [6.45, 7) is 5.19. The molecule has 1 aromatic rings. The van der Waals surface area contributed by atoms with Gasteiger partial charge < -0.3 is 10.2 Å². The molecule has 0 saturated carbocycles. The Labute approximate surface area is 122 Å². The monoisotopic (exact) mass is 296 g/mol. The van der Waals surface area contributed by atoms with Crippen LogP contribution in [0.2, 0.25) is 0 Å². The molecule has 0 spiro atoms. The minimum Gasteiger partial charge on any atom is -0.342 e. The van der Waals surface area contributed by atoms with E-state index in [2.05, 4.69) is 5.32 Å². The van der Waals surface area contributed by atoms with Crippen molar-refractivity contribution in [3.8, 4) is 0 Å². The maximum atomic E-state index is 13.7. The Kier molecular flexibility index (Phi) is 4.25. The largest absolute Gasteiger partial charge is 0.342 e. The van der Waals surface area contributed by atoms with Crippen molar-refractivity contribution in [2.75, 3.05) is 0 Å². The fraction of sp³-hybridized carbons (Fsp3) is 0.467. The Morgan fingerprint density at radius 1 is 1.29 bits per heavy atom. The van der Waals surface area contributed by atoms with Crippen LogP contribution in [0, 0.1) is 17.6 Å². The van der Waals surface area contributed by atoms with Gasteiger partial charge in [-0.25, -0.2) is 8.78 Å². The number of hydrogen-bond acceptors (Lipinski definition) is 2. The van der Waals surface area contributed by atoms with Gasteiger partial charge in [-0.2, -0.15) is 0 Å². The van der Waals surface area contributed by atoms with Crippen LogP contribution in [-0.2, 0) is 16.1 Å². The highest BCUT2D eigenvalue weighted by molar-refractivity contribution is 5.96. The standard InChI is InChI=1S/C15H18F2N2O2/c1-8(2)13-15(21)19(9(3)14(20)18-13)7-10-4-5-11(16)6-12(10)17/h4-6,8-9,13H,7H2,1-3H3,(H,18,20). The summed E-state index contributed by atoms with van der Waals surface area (Å²) in [6.07, 6.45) is 0. The molecule has 0 radical (unpaired) electrons. The highest BCUT2D eigenvalue weighted by Gasteiger charge is 2.39. The predicted octanol–water partition coefficient (Wildman–Crippen LogP) is 1.84. The molecule has 1 saturated heterocycles.